The molecule has 3 rings (SSSR count). The van der Waals surface area contributed by atoms with Crippen LogP contribution in [0.2, 0.25) is 0 Å². The van der Waals surface area contributed by atoms with Crippen LogP contribution in [-0.4, -0.2) is 48.3 Å². The summed E-state index contributed by atoms with van der Waals surface area (Å²) in [6.07, 6.45) is 0.779. The maximum absolute atomic E-state index is 12.2. The van der Waals surface area contributed by atoms with Gasteiger partial charge in [-0.3, -0.25) is 4.79 Å². The largest absolute Gasteiger partial charge is 0.497 e. The second-order valence-electron chi connectivity index (χ2n) is 5.90. The topological polar surface area (TPSA) is 78.3 Å². The van der Waals surface area contributed by atoms with Gasteiger partial charge in [0.15, 0.2) is 0 Å². The second kappa shape index (κ2) is 8.44. The van der Waals surface area contributed by atoms with E-state index in [0.29, 0.717) is 30.8 Å². The van der Waals surface area contributed by atoms with Crippen LogP contribution in [0.3, 0.4) is 0 Å². The first-order valence-corrected chi connectivity index (χ1v) is 8.44. The molecule has 0 aliphatic carbocycles. The Bertz CT molecular complexity index is 891. The average Bonchev–Trinajstić information content (AvgIpc) is 3.07. The van der Waals surface area contributed by atoms with E-state index in [9.17, 15) is 4.79 Å². The van der Waals surface area contributed by atoms with Gasteiger partial charge < -0.3 is 14.8 Å². The van der Waals surface area contributed by atoms with E-state index in [4.69, 9.17) is 9.47 Å². The first kappa shape index (κ1) is 17.9. The Labute approximate surface area is 151 Å². The van der Waals surface area contributed by atoms with Gasteiger partial charge in [0.1, 0.15) is 11.3 Å². The highest BCUT2D eigenvalue weighted by atomic mass is 16.5. The molecule has 0 bridgehead atoms. The van der Waals surface area contributed by atoms with Gasteiger partial charge in [0.25, 0.3) is 5.91 Å². The Balaban J connectivity index is 1.73. The zero-order valence-electron chi connectivity index (χ0n) is 14.9. The molecule has 0 unspecified atom stereocenters. The van der Waals surface area contributed by atoms with Crippen molar-refractivity contribution in [3.63, 3.8) is 0 Å². The number of nitrogens with zero attached hydrogens (tertiary/aromatic N) is 3. The van der Waals surface area contributed by atoms with Crippen LogP contribution < -0.4 is 10.1 Å². The molecule has 7 nitrogen and oxygen atoms in total. The molecule has 7 heteroatoms. The van der Waals surface area contributed by atoms with Crippen LogP contribution in [0.15, 0.2) is 42.5 Å². The Hall–Kier alpha value is -2.93. The minimum Gasteiger partial charge on any atom is -0.497 e. The highest BCUT2D eigenvalue weighted by Crippen LogP contribution is 2.17. The van der Waals surface area contributed by atoms with E-state index in [1.165, 1.54) is 0 Å². The molecule has 0 atom stereocenters. The molecule has 0 radical (unpaired) electrons. The number of ether oxygens (including phenoxy) is 2. The van der Waals surface area contributed by atoms with E-state index in [0.717, 1.165) is 23.3 Å². The van der Waals surface area contributed by atoms with Crippen LogP contribution in [0.4, 0.5) is 0 Å². The Morgan fingerprint density at radius 1 is 1.19 bits per heavy atom. The van der Waals surface area contributed by atoms with Crippen LogP contribution >= 0.6 is 0 Å². The van der Waals surface area contributed by atoms with E-state index in [1.54, 1.807) is 26.4 Å². The molecular weight excluding hydrogens is 332 g/mol. The summed E-state index contributed by atoms with van der Waals surface area (Å²) < 4.78 is 12.0. The van der Waals surface area contributed by atoms with Crippen molar-refractivity contribution in [2.45, 2.75) is 13.0 Å². The van der Waals surface area contributed by atoms with Crippen molar-refractivity contribution in [1.82, 2.24) is 20.3 Å². The van der Waals surface area contributed by atoms with Crippen molar-refractivity contribution in [3.05, 3.63) is 53.6 Å². The number of carbonyl (C=O) groups is 1. The highest BCUT2D eigenvalue weighted by Gasteiger charge is 2.10. The number of carbonyl (C=O) groups excluding carboxylic acids is 1. The number of nitrogens with one attached hydrogen (secondary N) is 1. The maximum Gasteiger partial charge on any atom is 0.251 e. The fourth-order valence-corrected chi connectivity index (χ4v) is 2.69. The number of methoxy groups -OCH3 is 2. The van der Waals surface area contributed by atoms with Crippen LogP contribution in [0.25, 0.3) is 11.0 Å². The number of aromatic nitrogens is 3. The van der Waals surface area contributed by atoms with E-state index in [2.05, 4.69) is 15.6 Å². The normalized spacial score (nSPS) is 10.8. The summed E-state index contributed by atoms with van der Waals surface area (Å²) in [7, 11) is 3.29. The van der Waals surface area contributed by atoms with Crippen molar-refractivity contribution < 1.29 is 14.3 Å². The monoisotopic (exact) mass is 354 g/mol. The minimum atomic E-state index is -0.120. The van der Waals surface area contributed by atoms with Gasteiger partial charge in [-0.15, -0.1) is 5.10 Å². The molecule has 1 N–H and O–H groups in total. The third-order valence-electron chi connectivity index (χ3n) is 4.05. The van der Waals surface area contributed by atoms with Crippen molar-refractivity contribution in [3.8, 4) is 5.75 Å². The van der Waals surface area contributed by atoms with Gasteiger partial charge in [-0.2, -0.15) is 0 Å². The summed E-state index contributed by atoms with van der Waals surface area (Å²) in [5.41, 5.74) is 3.21. The molecule has 1 heterocycles. The molecule has 26 heavy (non-hydrogen) atoms. The van der Waals surface area contributed by atoms with Crippen molar-refractivity contribution in [2.75, 3.05) is 27.4 Å². The molecule has 0 saturated heterocycles. The minimum absolute atomic E-state index is 0.120. The molecule has 2 aromatic carbocycles. The predicted octanol–water partition coefficient (Wildman–Crippen LogP) is 2.25. The van der Waals surface area contributed by atoms with E-state index in [-0.39, 0.29) is 5.91 Å². The summed E-state index contributed by atoms with van der Waals surface area (Å²) in [4.78, 5) is 12.2. The quantitative estimate of drug-likeness (QED) is 0.628. The number of hydrogen-bond acceptors (Lipinski definition) is 5. The second-order valence-corrected chi connectivity index (χ2v) is 5.90. The van der Waals surface area contributed by atoms with Gasteiger partial charge >= 0.3 is 0 Å². The standard InChI is InChI=1S/C19H22N4O3/c1-25-10-4-9-20-19(24)15-7-8-18-17(12-15)21-22-23(18)13-14-5-3-6-16(11-14)26-2/h3,5-8,11-12H,4,9-10,13H2,1-2H3,(H,20,24). The number of benzene rings is 2. The van der Waals surface area contributed by atoms with E-state index < -0.39 is 0 Å². The molecular formula is C19H22N4O3. The summed E-state index contributed by atoms with van der Waals surface area (Å²) in [6.45, 7) is 1.78. The maximum atomic E-state index is 12.2. The molecule has 0 saturated carbocycles. The smallest absolute Gasteiger partial charge is 0.251 e. The van der Waals surface area contributed by atoms with Gasteiger partial charge in [-0.1, -0.05) is 17.3 Å². The molecule has 136 valence electrons. The average molecular weight is 354 g/mol. The van der Waals surface area contributed by atoms with Crippen LogP contribution in [0, 0.1) is 0 Å². The Kier molecular flexibility index (Phi) is 5.80. The van der Waals surface area contributed by atoms with Gasteiger partial charge in [0, 0.05) is 25.8 Å². The summed E-state index contributed by atoms with van der Waals surface area (Å²) in [5.74, 6) is 0.685. The van der Waals surface area contributed by atoms with Gasteiger partial charge in [-0.05, 0) is 42.3 Å². The third-order valence-corrected chi connectivity index (χ3v) is 4.05. The van der Waals surface area contributed by atoms with E-state index >= 15 is 0 Å². The number of fused-ring (bicyclic) bond motifs is 1. The molecule has 3 aromatic rings. The Morgan fingerprint density at radius 3 is 2.88 bits per heavy atom. The van der Waals surface area contributed by atoms with Crippen molar-refractivity contribution >= 4 is 16.9 Å². The van der Waals surface area contributed by atoms with Crippen molar-refractivity contribution in [1.29, 1.82) is 0 Å². The zero-order chi connectivity index (χ0) is 18.4. The first-order valence-electron chi connectivity index (χ1n) is 8.44. The third kappa shape index (κ3) is 4.18. The van der Waals surface area contributed by atoms with Crippen molar-refractivity contribution in [2.24, 2.45) is 0 Å². The fourth-order valence-electron chi connectivity index (χ4n) is 2.69. The highest BCUT2D eigenvalue weighted by molar-refractivity contribution is 5.97. The Morgan fingerprint density at radius 2 is 2.08 bits per heavy atom. The first-order chi connectivity index (χ1) is 12.7. The lowest BCUT2D eigenvalue weighted by Crippen LogP contribution is -2.25. The number of rotatable bonds is 8. The van der Waals surface area contributed by atoms with Crippen LogP contribution in [-0.2, 0) is 11.3 Å². The number of amides is 1. The summed E-state index contributed by atoms with van der Waals surface area (Å²) >= 11 is 0. The summed E-state index contributed by atoms with van der Waals surface area (Å²) in [6, 6.07) is 13.3. The lowest BCUT2D eigenvalue weighted by molar-refractivity contribution is 0.0948. The lowest BCUT2D eigenvalue weighted by Gasteiger charge is -2.06. The predicted molar refractivity (Wildman–Crippen MR) is 98.5 cm³/mol. The van der Waals surface area contributed by atoms with E-state index in [1.807, 2.05) is 35.0 Å². The molecule has 0 fully saturated rings. The van der Waals surface area contributed by atoms with Crippen LogP contribution in [0.1, 0.15) is 22.3 Å². The van der Waals surface area contributed by atoms with Gasteiger partial charge in [0.05, 0.1) is 19.2 Å². The van der Waals surface area contributed by atoms with Gasteiger partial charge in [-0.25, -0.2) is 4.68 Å². The lowest BCUT2D eigenvalue weighted by atomic mass is 10.1. The molecule has 0 spiro atoms. The van der Waals surface area contributed by atoms with Crippen LogP contribution in [0.5, 0.6) is 5.75 Å². The molecule has 1 aromatic heterocycles. The molecule has 1 amide bonds. The summed E-state index contributed by atoms with van der Waals surface area (Å²) in [5, 5.41) is 11.3. The fraction of sp³-hybridized carbons (Fsp3) is 0.316. The molecule has 0 aliphatic rings. The zero-order valence-corrected chi connectivity index (χ0v) is 14.9. The molecule has 0 aliphatic heterocycles. The van der Waals surface area contributed by atoms with Gasteiger partial charge in [0.2, 0.25) is 0 Å². The number of hydrogen-bond donors (Lipinski definition) is 1. The SMILES string of the molecule is COCCCNC(=O)c1ccc2c(c1)nnn2Cc1cccc(OC)c1.